The fraction of sp³-hybridized carbons (Fsp3) is 0.500. The van der Waals surface area contributed by atoms with Gasteiger partial charge in [0.2, 0.25) is 10.0 Å². The van der Waals surface area contributed by atoms with Crippen molar-refractivity contribution < 1.29 is 13.5 Å². The predicted molar refractivity (Wildman–Crippen MR) is 68.3 cm³/mol. The van der Waals surface area contributed by atoms with Gasteiger partial charge in [-0.25, -0.2) is 12.7 Å². The van der Waals surface area contributed by atoms with E-state index in [1.807, 2.05) is 30.3 Å². The molecular weight excluding hydrogens is 238 g/mol. The van der Waals surface area contributed by atoms with Gasteiger partial charge < -0.3 is 5.11 Å². The molecule has 0 aliphatic carbocycles. The summed E-state index contributed by atoms with van der Waals surface area (Å²) in [6.07, 6.45) is 1.36. The van der Waals surface area contributed by atoms with Gasteiger partial charge in [0.1, 0.15) is 0 Å². The molecule has 0 aromatic heterocycles. The number of sulfonamides is 1. The lowest BCUT2D eigenvalue weighted by Crippen LogP contribution is -2.31. The summed E-state index contributed by atoms with van der Waals surface area (Å²) in [5, 5.41) is 8.70. The lowest BCUT2D eigenvalue weighted by molar-refractivity contribution is 0.266. The molecule has 0 amide bonds. The van der Waals surface area contributed by atoms with E-state index < -0.39 is 10.0 Å². The van der Waals surface area contributed by atoms with Gasteiger partial charge in [-0.1, -0.05) is 30.3 Å². The second kappa shape index (κ2) is 6.74. The molecule has 0 saturated carbocycles. The van der Waals surface area contributed by atoms with Crippen LogP contribution in [0.2, 0.25) is 0 Å². The lowest BCUT2D eigenvalue weighted by Gasteiger charge is -2.15. The summed E-state index contributed by atoms with van der Waals surface area (Å²) >= 11 is 0. The van der Waals surface area contributed by atoms with Crippen LogP contribution in [0.15, 0.2) is 30.3 Å². The van der Waals surface area contributed by atoms with Crippen LogP contribution in [0.25, 0.3) is 0 Å². The van der Waals surface area contributed by atoms with Crippen molar-refractivity contribution in [3.63, 3.8) is 0 Å². The Morgan fingerprint density at radius 3 is 2.47 bits per heavy atom. The van der Waals surface area contributed by atoms with E-state index in [-0.39, 0.29) is 18.9 Å². The van der Waals surface area contributed by atoms with Crippen LogP contribution in [0.3, 0.4) is 0 Å². The molecule has 0 unspecified atom stereocenters. The summed E-state index contributed by atoms with van der Waals surface area (Å²) in [5.74, 6) is 0.123. The highest BCUT2D eigenvalue weighted by molar-refractivity contribution is 7.89. The first-order valence-electron chi connectivity index (χ1n) is 5.65. The zero-order valence-electron chi connectivity index (χ0n) is 10.0. The molecule has 0 aliphatic rings. The van der Waals surface area contributed by atoms with Gasteiger partial charge in [-0.05, 0) is 18.4 Å². The molecule has 0 bridgehead atoms. The molecule has 1 aromatic rings. The van der Waals surface area contributed by atoms with Gasteiger partial charge in [-0.3, -0.25) is 0 Å². The number of aryl methyl sites for hydroxylation is 1. The molecule has 1 N–H and O–H groups in total. The lowest BCUT2D eigenvalue weighted by atomic mass is 10.1. The van der Waals surface area contributed by atoms with E-state index in [1.165, 1.54) is 11.4 Å². The number of rotatable bonds is 7. The number of aliphatic hydroxyl groups excluding tert-OH is 1. The van der Waals surface area contributed by atoms with Crippen molar-refractivity contribution in [1.82, 2.24) is 4.31 Å². The van der Waals surface area contributed by atoms with Crippen LogP contribution in [-0.2, 0) is 16.4 Å². The van der Waals surface area contributed by atoms with Crippen LogP contribution in [0.1, 0.15) is 12.0 Å². The first kappa shape index (κ1) is 14.2. The van der Waals surface area contributed by atoms with Crippen molar-refractivity contribution in [2.45, 2.75) is 12.8 Å². The summed E-state index contributed by atoms with van der Waals surface area (Å²) in [4.78, 5) is 0. The molecule has 96 valence electrons. The second-order valence-corrected chi connectivity index (χ2v) is 6.15. The molecule has 0 radical (unpaired) electrons. The van der Waals surface area contributed by atoms with Crippen LogP contribution < -0.4 is 0 Å². The van der Waals surface area contributed by atoms with Crippen molar-refractivity contribution >= 4 is 10.0 Å². The number of aliphatic hydroxyl groups is 1. The summed E-state index contributed by atoms with van der Waals surface area (Å²) in [5.41, 5.74) is 1.15. The molecule has 17 heavy (non-hydrogen) atoms. The third-order valence-electron chi connectivity index (χ3n) is 2.60. The Morgan fingerprint density at radius 1 is 1.24 bits per heavy atom. The molecule has 0 heterocycles. The predicted octanol–water partition coefficient (Wildman–Crippen LogP) is 0.873. The maximum atomic E-state index is 11.7. The van der Waals surface area contributed by atoms with Crippen LogP contribution in [0.4, 0.5) is 0 Å². The van der Waals surface area contributed by atoms with Gasteiger partial charge >= 0.3 is 0 Å². The van der Waals surface area contributed by atoms with Gasteiger partial charge in [-0.15, -0.1) is 0 Å². The maximum absolute atomic E-state index is 11.7. The number of benzene rings is 1. The summed E-state index contributed by atoms with van der Waals surface area (Å²) < 4.78 is 24.7. The van der Waals surface area contributed by atoms with Crippen LogP contribution >= 0.6 is 0 Å². The Hall–Kier alpha value is -0.910. The summed E-state index contributed by atoms with van der Waals surface area (Å²) in [6, 6.07) is 9.81. The van der Waals surface area contributed by atoms with Gasteiger partial charge in [0.15, 0.2) is 0 Å². The monoisotopic (exact) mass is 257 g/mol. The Morgan fingerprint density at radius 2 is 1.88 bits per heavy atom. The Balaban J connectivity index is 2.40. The van der Waals surface area contributed by atoms with Crippen molar-refractivity contribution in [3.05, 3.63) is 35.9 Å². The number of hydrogen-bond donors (Lipinski definition) is 1. The summed E-state index contributed by atoms with van der Waals surface area (Å²) in [7, 11) is -1.73. The third kappa shape index (κ3) is 4.85. The largest absolute Gasteiger partial charge is 0.395 e. The number of nitrogens with zero attached hydrogens (tertiary/aromatic N) is 1. The molecule has 0 atom stereocenters. The zero-order valence-corrected chi connectivity index (χ0v) is 10.9. The van der Waals surface area contributed by atoms with E-state index in [0.29, 0.717) is 6.42 Å². The standard InChI is InChI=1S/C12H19NO3S/c1-13(9-10-14)17(15,16)11-5-8-12-6-3-2-4-7-12/h2-4,6-7,14H,5,8-11H2,1H3. The molecule has 5 heteroatoms. The molecule has 1 rings (SSSR count). The van der Waals surface area contributed by atoms with E-state index in [1.54, 1.807) is 0 Å². The van der Waals surface area contributed by atoms with Crippen molar-refractivity contribution in [2.24, 2.45) is 0 Å². The van der Waals surface area contributed by atoms with Gasteiger partial charge in [0, 0.05) is 13.6 Å². The fourth-order valence-corrected chi connectivity index (χ4v) is 2.72. The van der Waals surface area contributed by atoms with E-state index in [2.05, 4.69) is 0 Å². The van der Waals surface area contributed by atoms with Crippen LogP contribution in [0, 0.1) is 0 Å². The average Bonchev–Trinajstić information content (AvgIpc) is 2.30. The van der Waals surface area contributed by atoms with E-state index in [9.17, 15) is 8.42 Å². The molecule has 0 spiro atoms. The third-order valence-corrected chi connectivity index (χ3v) is 4.54. The SMILES string of the molecule is CN(CCO)S(=O)(=O)CCCc1ccccc1. The number of hydrogen-bond acceptors (Lipinski definition) is 3. The molecule has 4 nitrogen and oxygen atoms in total. The van der Waals surface area contributed by atoms with Gasteiger partial charge in [-0.2, -0.15) is 0 Å². The van der Waals surface area contributed by atoms with Crippen LogP contribution in [-0.4, -0.2) is 43.8 Å². The minimum atomic E-state index is -3.22. The average molecular weight is 257 g/mol. The highest BCUT2D eigenvalue weighted by Gasteiger charge is 2.16. The highest BCUT2D eigenvalue weighted by Crippen LogP contribution is 2.06. The zero-order chi connectivity index (χ0) is 12.7. The van der Waals surface area contributed by atoms with Gasteiger partial charge in [0.05, 0.1) is 12.4 Å². The van der Waals surface area contributed by atoms with E-state index in [0.717, 1.165) is 12.0 Å². The Kier molecular flexibility index (Phi) is 5.61. The second-order valence-electron chi connectivity index (χ2n) is 3.95. The first-order valence-corrected chi connectivity index (χ1v) is 7.26. The van der Waals surface area contributed by atoms with Crippen LogP contribution in [0.5, 0.6) is 0 Å². The van der Waals surface area contributed by atoms with Gasteiger partial charge in [0.25, 0.3) is 0 Å². The fourth-order valence-electron chi connectivity index (χ4n) is 1.54. The van der Waals surface area contributed by atoms with Crippen molar-refractivity contribution in [3.8, 4) is 0 Å². The van der Waals surface area contributed by atoms with Crippen molar-refractivity contribution in [2.75, 3.05) is 26.0 Å². The smallest absolute Gasteiger partial charge is 0.213 e. The summed E-state index contributed by atoms with van der Waals surface area (Å²) in [6.45, 7) is 0.0160. The topological polar surface area (TPSA) is 57.6 Å². The minimum Gasteiger partial charge on any atom is -0.395 e. The minimum absolute atomic E-state index is 0.123. The Bertz CT molecular complexity index is 417. The number of likely N-dealkylation sites (N-methyl/N-ethyl adjacent to an activating group) is 1. The molecule has 0 fully saturated rings. The highest BCUT2D eigenvalue weighted by atomic mass is 32.2. The molecule has 0 aliphatic heterocycles. The molecular formula is C12H19NO3S. The molecule has 1 aromatic carbocycles. The molecule has 0 saturated heterocycles. The quantitative estimate of drug-likeness (QED) is 0.788. The van der Waals surface area contributed by atoms with Crippen molar-refractivity contribution in [1.29, 1.82) is 0 Å². The first-order chi connectivity index (χ1) is 8.06. The maximum Gasteiger partial charge on any atom is 0.213 e. The van der Waals surface area contributed by atoms with E-state index in [4.69, 9.17) is 5.11 Å². The Labute approximate surface area is 103 Å². The normalized spacial score (nSPS) is 11.9. The van der Waals surface area contributed by atoms with E-state index >= 15 is 0 Å².